The largest absolute Gasteiger partial charge is 0.481 e. The molecule has 0 bridgehead atoms. The van der Waals surface area contributed by atoms with Crippen molar-refractivity contribution in [2.75, 3.05) is 11.1 Å². The molecule has 6 nitrogen and oxygen atoms in total. The number of amides is 1. The quantitative estimate of drug-likeness (QED) is 0.813. The molecule has 1 aromatic carbocycles. The van der Waals surface area contributed by atoms with Gasteiger partial charge in [-0.1, -0.05) is 12.1 Å². The van der Waals surface area contributed by atoms with E-state index in [1.54, 1.807) is 23.0 Å². The first kappa shape index (κ1) is 17.1. The Morgan fingerprint density at radius 1 is 1.35 bits per heavy atom. The van der Waals surface area contributed by atoms with Crippen molar-refractivity contribution in [2.45, 2.75) is 25.6 Å². The number of benzene rings is 1. The van der Waals surface area contributed by atoms with Crippen LogP contribution in [0.4, 0.5) is 5.69 Å². The third-order valence-corrected chi connectivity index (χ3v) is 4.04. The molecule has 2 aromatic rings. The second kappa shape index (κ2) is 7.82. The molecule has 1 aromatic heterocycles. The molecule has 0 fully saturated rings. The number of thioether (sulfide) groups is 1. The number of nitrogens with zero attached hydrogens (tertiary/aromatic N) is 2. The number of carboxylic acids is 1. The summed E-state index contributed by atoms with van der Waals surface area (Å²) in [4.78, 5) is 22.7. The van der Waals surface area contributed by atoms with Crippen molar-refractivity contribution in [1.29, 1.82) is 0 Å². The second-order valence-corrected chi connectivity index (χ2v) is 6.30. The lowest BCUT2D eigenvalue weighted by molar-refractivity contribution is -0.133. The number of rotatable bonds is 7. The third kappa shape index (κ3) is 5.14. The minimum atomic E-state index is -0.833. The van der Waals surface area contributed by atoms with Crippen molar-refractivity contribution >= 4 is 29.3 Å². The molecule has 0 aliphatic rings. The van der Waals surface area contributed by atoms with Crippen LogP contribution < -0.4 is 5.32 Å². The standard InChI is InChI=1S/C16H19N3O3S/c1-11(2)19-7-6-14(18-19)16(22)17-13-5-3-4-12(8-13)9-23-10-15(20)21/h3-8,11H,9-10H2,1-2H3,(H,17,22)(H,20,21). The van der Waals surface area contributed by atoms with Gasteiger partial charge >= 0.3 is 5.97 Å². The zero-order chi connectivity index (χ0) is 16.8. The Morgan fingerprint density at radius 3 is 2.78 bits per heavy atom. The van der Waals surface area contributed by atoms with Crippen LogP contribution in [0.25, 0.3) is 0 Å². The number of nitrogens with one attached hydrogen (secondary N) is 1. The van der Waals surface area contributed by atoms with Gasteiger partial charge in [0.05, 0.1) is 5.75 Å². The maximum absolute atomic E-state index is 12.2. The molecule has 23 heavy (non-hydrogen) atoms. The van der Waals surface area contributed by atoms with Gasteiger partial charge in [-0.3, -0.25) is 14.3 Å². The molecule has 0 radical (unpaired) electrons. The highest BCUT2D eigenvalue weighted by Gasteiger charge is 2.11. The molecule has 0 atom stereocenters. The molecule has 1 amide bonds. The van der Waals surface area contributed by atoms with Crippen LogP contribution in [0.15, 0.2) is 36.5 Å². The molecular weight excluding hydrogens is 314 g/mol. The minimum Gasteiger partial charge on any atom is -0.481 e. The number of carbonyl (C=O) groups excluding carboxylic acids is 1. The van der Waals surface area contributed by atoms with Gasteiger partial charge in [0, 0.05) is 23.7 Å². The summed E-state index contributed by atoms with van der Waals surface area (Å²) >= 11 is 1.32. The highest BCUT2D eigenvalue weighted by Crippen LogP contribution is 2.17. The molecule has 0 aliphatic heterocycles. The summed E-state index contributed by atoms with van der Waals surface area (Å²) in [6, 6.07) is 9.25. The summed E-state index contributed by atoms with van der Waals surface area (Å²) < 4.78 is 1.73. The topological polar surface area (TPSA) is 84.2 Å². The van der Waals surface area contributed by atoms with Gasteiger partial charge in [-0.25, -0.2) is 0 Å². The van der Waals surface area contributed by atoms with E-state index in [1.807, 2.05) is 32.0 Å². The zero-order valence-corrected chi connectivity index (χ0v) is 13.8. The van der Waals surface area contributed by atoms with Crippen LogP contribution in [0.2, 0.25) is 0 Å². The highest BCUT2D eigenvalue weighted by atomic mass is 32.2. The van der Waals surface area contributed by atoms with E-state index in [0.29, 0.717) is 17.1 Å². The summed E-state index contributed by atoms with van der Waals surface area (Å²) in [6.45, 7) is 3.99. The van der Waals surface area contributed by atoms with E-state index in [1.165, 1.54) is 11.8 Å². The fraction of sp³-hybridized carbons (Fsp3) is 0.312. The van der Waals surface area contributed by atoms with Gasteiger partial charge in [-0.05, 0) is 37.6 Å². The molecular formula is C16H19N3O3S. The van der Waals surface area contributed by atoms with Crippen molar-refractivity contribution in [1.82, 2.24) is 9.78 Å². The first-order valence-electron chi connectivity index (χ1n) is 7.20. The van der Waals surface area contributed by atoms with E-state index < -0.39 is 5.97 Å². The highest BCUT2D eigenvalue weighted by molar-refractivity contribution is 7.99. The fourth-order valence-electron chi connectivity index (χ4n) is 1.94. The second-order valence-electron chi connectivity index (χ2n) is 5.32. The summed E-state index contributed by atoms with van der Waals surface area (Å²) in [6.07, 6.45) is 1.78. The molecule has 0 aliphatic carbocycles. The monoisotopic (exact) mass is 333 g/mol. The van der Waals surface area contributed by atoms with Crippen molar-refractivity contribution in [3.05, 3.63) is 47.8 Å². The summed E-state index contributed by atoms with van der Waals surface area (Å²) in [5, 5.41) is 15.7. The van der Waals surface area contributed by atoms with Crippen LogP contribution in [-0.2, 0) is 10.5 Å². The first-order valence-corrected chi connectivity index (χ1v) is 8.36. The Bertz CT molecular complexity index is 697. The molecule has 7 heteroatoms. The number of hydrogen-bond donors (Lipinski definition) is 2. The molecule has 0 saturated heterocycles. The molecule has 2 rings (SSSR count). The lowest BCUT2D eigenvalue weighted by Gasteiger charge is -2.07. The van der Waals surface area contributed by atoms with Gasteiger partial charge in [0.15, 0.2) is 5.69 Å². The molecule has 0 unspecified atom stereocenters. The Morgan fingerprint density at radius 2 is 2.13 bits per heavy atom. The van der Waals surface area contributed by atoms with Crippen LogP contribution in [0, 0.1) is 0 Å². The molecule has 1 heterocycles. The van der Waals surface area contributed by atoms with E-state index in [-0.39, 0.29) is 17.7 Å². The Balaban J connectivity index is 1.98. The summed E-state index contributed by atoms with van der Waals surface area (Å²) in [5.41, 5.74) is 1.99. The van der Waals surface area contributed by atoms with E-state index >= 15 is 0 Å². The van der Waals surface area contributed by atoms with Crippen molar-refractivity contribution < 1.29 is 14.7 Å². The molecule has 0 saturated carbocycles. The van der Waals surface area contributed by atoms with Gasteiger partial charge in [-0.2, -0.15) is 5.10 Å². The minimum absolute atomic E-state index is 0.0588. The van der Waals surface area contributed by atoms with Crippen LogP contribution in [0.3, 0.4) is 0 Å². The normalized spacial score (nSPS) is 10.7. The number of hydrogen-bond acceptors (Lipinski definition) is 4. The van der Waals surface area contributed by atoms with Crippen molar-refractivity contribution in [3.8, 4) is 0 Å². The third-order valence-electron chi connectivity index (χ3n) is 3.05. The van der Waals surface area contributed by atoms with Crippen molar-refractivity contribution in [3.63, 3.8) is 0 Å². The number of aromatic nitrogens is 2. The number of carboxylic acid groups (broad SMARTS) is 1. The maximum Gasteiger partial charge on any atom is 0.313 e. The maximum atomic E-state index is 12.2. The van der Waals surface area contributed by atoms with Crippen LogP contribution in [0.1, 0.15) is 35.9 Å². The van der Waals surface area contributed by atoms with Crippen molar-refractivity contribution in [2.24, 2.45) is 0 Å². The van der Waals surface area contributed by atoms with Crippen LogP contribution in [0.5, 0.6) is 0 Å². The zero-order valence-electron chi connectivity index (χ0n) is 13.0. The fourth-order valence-corrected chi connectivity index (χ4v) is 2.63. The average Bonchev–Trinajstić information content (AvgIpc) is 2.97. The molecule has 2 N–H and O–H groups in total. The van der Waals surface area contributed by atoms with Gasteiger partial charge in [-0.15, -0.1) is 11.8 Å². The van der Waals surface area contributed by atoms with Crippen LogP contribution >= 0.6 is 11.8 Å². The smallest absolute Gasteiger partial charge is 0.313 e. The van der Waals surface area contributed by atoms with Gasteiger partial charge in [0.2, 0.25) is 0 Å². The Hall–Kier alpha value is -2.28. The van der Waals surface area contributed by atoms with E-state index in [0.717, 1.165) is 5.56 Å². The molecule has 122 valence electrons. The number of carbonyl (C=O) groups is 2. The Labute approximate surface area is 138 Å². The average molecular weight is 333 g/mol. The Kier molecular flexibility index (Phi) is 5.81. The first-order chi connectivity index (χ1) is 11.0. The lowest BCUT2D eigenvalue weighted by atomic mass is 10.2. The van der Waals surface area contributed by atoms with Gasteiger partial charge in [0.25, 0.3) is 5.91 Å². The van der Waals surface area contributed by atoms with E-state index in [4.69, 9.17) is 5.11 Å². The number of anilines is 1. The number of aliphatic carboxylic acids is 1. The predicted molar refractivity (Wildman–Crippen MR) is 90.8 cm³/mol. The molecule has 0 spiro atoms. The summed E-state index contributed by atoms with van der Waals surface area (Å²) in [5.74, 6) is -0.457. The SMILES string of the molecule is CC(C)n1ccc(C(=O)Nc2cccc(CSCC(=O)O)c2)n1. The summed E-state index contributed by atoms with van der Waals surface area (Å²) in [7, 11) is 0. The van der Waals surface area contributed by atoms with E-state index in [2.05, 4.69) is 10.4 Å². The lowest BCUT2D eigenvalue weighted by Crippen LogP contribution is -2.14. The van der Waals surface area contributed by atoms with Crippen LogP contribution in [-0.4, -0.2) is 32.5 Å². The van der Waals surface area contributed by atoms with Gasteiger partial charge in [0.1, 0.15) is 0 Å². The predicted octanol–water partition coefficient (Wildman–Crippen LogP) is 3.03. The van der Waals surface area contributed by atoms with Gasteiger partial charge < -0.3 is 10.4 Å². The van der Waals surface area contributed by atoms with E-state index in [9.17, 15) is 9.59 Å².